The maximum Gasteiger partial charge on any atom is 0.171 e. The molecule has 2 aliphatic rings. The molecule has 0 amide bonds. The SMILES string of the molecule is O=C(c1cc(F)ccc1F)C1CC2CCC1O2. The third-order valence-electron chi connectivity index (χ3n) is 3.64. The fourth-order valence-electron chi connectivity index (χ4n) is 2.80. The van der Waals surface area contributed by atoms with Crippen molar-refractivity contribution in [1.29, 1.82) is 0 Å². The second-order valence-corrected chi connectivity index (χ2v) is 4.70. The van der Waals surface area contributed by atoms with Gasteiger partial charge >= 0.3 is 0 Å². The highest BCUT2D eigenvalue weighted by Gasteiger charge is 2.44. The Labute approximate surface area is 97.6 Å². The van der Waals surface area contributed by atoms with Crippen LogP contribution in [0.3, 0.4) is 0 Å². The maximum atomic E-state index is 13.5. The van der Waals surface area contributed by atoms with Gasteiger partial charge in [-0.05, 0) is 37.5 Å². The summed E-state index contributed by atoms with van der Waals surface area (Å²) in [6, 6.07) is 2.99. The van der Waals surface area contributed by atoms with Crippen molar-refractivity contribution in [2.75, 3.05) is 0 Å². The van der Waals surface area contributed by atoms with E-state index in [1.165, 1.54) is 0 Å². The van der Waals surface area contributed by atoms with E-state index in [9.17, 15) is 13.6 Å². The molecule has 0 aromatic heterocycles. The van der Waals surface area contributed by atoms with Gasteiger partial charge in [0, 0.05) is 0 Å². The van der Waals surface area contributed by atoms with Gasteiger partial charge in [-0.25, -0.2) is 8.78 Å². The molecular formula is C13H12F2O2. The van der Waals surface area contributed by atoms with E-state index in [1.54, 1.807) is 0 Å². The van der Waals surface area contributed by atoms with E-state index in [2.05, 4.69) is 0 Å². The van der Waals surface area contributed by atoms with Crippen molar-refractivity contribution in [2.45, 2.75) is 31.5 Å². The molecular weight excluding hydrogens is 226 g/mol. The van der Waals surface area contributed by atoms with Crippen LogP contribution in [0.1, 0.15) is 29.6 Å². The lowest BCUT2D eigenvalue weighted by Gasteiger charge is -2.17. The predicted octanol–water partition coefficient (Wildman–Crippen LogP) is 2.72. The third-order valence-corrected chi connectivity index (χ3v) is 3.64. The molecule has 2 fully saturated rings. The molecule has 3 atom stereocenters. The van der Waals surface area contributed by atoms with Gasteiger partial charge in [-0.2, -0.15) is 0 Å². The molecule has 0 aliphatic carbocycles. The predicted molar refractivity (Wildman–Crippen MR) is 56.7 cm³/mol. The second-order valence-electron chi connectivity index (χ2n) is 4.70. The van der Waals surface area contributed by atoms with Crippen molar-refractivity contribution in [1.82, 2.24) is 0 Å². The van der Waals surface area contributed by atoms with Crippen LogP contribution in [0.25, 0.3) is 0 Å². The first-order valence-electron chi connectivity index (χ1n) is 5.80. The van der Waals surface area contributed by atoms with Crippen molar-refractivity contribution >= 4 is 5.78 Å². The number of ketones is 1. The number of rotatable bonds is 2. The van der Waals surface area contributed by atoms with E-state index in [4.69, 9.17) is 4.74 Å². The molecule has 2 heterocycles. The van der Waals surface area contributed by atoms with Gasteiger partial charge in [0.2, 0.25) is 0 Å². The van der Waals surface area contributed by atoms with Gasteiger partial charge in [-0.15, -0.1) is 0 Å². The zero-order chi connectivity index (χ0) is 12.0. The second kappa shape index (κ2) is 3.88. The van der Waals surface area contributed by atoms with E-state index in [-0.39, 0.29) is 29.5 Å². The summed E-state index contributed by atoms with van der Waals surface area (Å²) in [7, 11) is 0. The molecule has 0 N–H and O–H groups in total. The number of hydrogen-bond donors (Lipinski definition) is 0. The lowest BCUT2D eigenvalue weighted by Crippen LogP contribution is -2.26. The summed E-state index contributed by atoms with van der Waals surface area (Å²) in [6.07, 6.45) is 2.48. The number of benzene rings is 1. The van der Waals surface area contributed by atoms with E-state index < -0.39 is 11.6 Å². The van der Waals surface area contributed by atoms with Crippen molar-refractivity contribution in [3.8, 4) is 0 Å². The molecule has 0 radical (unpaired) electrons. The molecule has 2 nitrogen and oxygen atoms in total. The minimum absolute atomic E-state index is 0.102. The average Bonchev–Trinajstić information content (AvgIpc) is 2.93. The highest BCUT2D eigenvalue weighted by atomic mass is 19.1. The average molecular weight is 238 g/mol. The van der Waals surface area contributed by atoms with Crippen LogP contribution in [0.15, 0.2) is 18.2 Å². The lowest BCUT2D eigenvalue weighted by atomic mass is 9.83. The third kappa shape index (κ3) is 1.76. The van der Waals surface area contributed by atoms with Crippen molar-refractivity contribution in [3.05, 3.63) is 35.4 Å². The van der Waals surface area contributed by atoms with E-state index in [0.29, 0.717) is 6.42 Å². The van der Waals surface area contributed by atoms with Crippen LogP contribution in [-0.2, 0) is 4.74 Å². The summed E-state index contributed by atoms with van der Waals surface area (Å²) >= 11 is 0. The Morgan fingerprint density at radius 2 is 2.12 bits per heavy atom. The topological polar surface area (TPSA) is 26.3 Å². The Bertz CT molecular complexity index is 472. The fourth-order valence-corrected chi connectivity index (χ4v) is 2.80. The summed E-state index contributed by atoms with van der Waals surface area (Å²) in [5, 5.41) is 0. The normalized spacial score (nSPS) is 30.8. The molecule has 1 aromatic carbocycles. The zero-order valence-electron chi connectivity index (χ0n) is 9.16. The summed E-state index contributed by atoms with van der Waals surface area (Å²) in [5.41, 5.74) is -0.147. The number of hydrogen-bond acceptors (Lipinski definition) is 2. The minimum atomic E-state index is -0.654. The van der Waals surface area contributed by atoms with Crippen LogP contribution in [-0.4, -0.2) is 18.0 Å². The largest absolute Gasteiger partial charge is 0.374 e. The Kier molecular flexibility index (Phi) is 2.47. The Balaban J connectivity index is 1.89. The molecule has 0 spiro atoms. The minimum Gasteiger partial charge on any atom is -0.374 e. The molecule has 2 saturated heterocycles. The number of halogens is 2. The number of fused-ring (bicyclic) bond motifs is 2. The van der Waals surface area contributed by atoms with Gasteiger partial charge in [-0.1, -0.05) is 0 Å². The quantitative estimate of drug-likeness (QED) is 0.740. The van der Waals surface area contributed by atoms with E-state index >= 15 is 0 Å². The zero-order valence-corrected chi connectivity index (χ0v) is 9.16. The molecule has 17 heavy (non-hydrogen) atoms. The van der Waals surface area contributed by atoms with Crippen molar-refractivity contribution < 1.29 is 18.3 Å². The lowest BCUT2D eigenvalue weighted by molar-refractivity contribution is 0.0740. The van der Waals surface area contributed by atoms with Crippen LogP contribution < -0.4 is 0 Å². The number of Topliss-reactive ketones (excluding diaryl/α,β-unsaturated/α-hetero) is 1. The van der Waals surface area contributed by atoms with Gasteiger partial charge < -0.3 is 4.74 Å². The number of carbonyl (C=O) groups excluding carboxylic acids is 1. The van der Waals surface area contributed by atoms with Crippen LogP contribution >= 0.6 is 0 Å². The molecule has 4 heteroatoms. The smallest absolute Gasteiger partial charge is 0.171 e. The number of carbonyl (C=O) groups is 1. The van der Waals surface area contributed by atoms with Crippen LogP contribution in [0.5, 0.6) is 0 Å². The van der Waals surface area contributed by atoms with E-state index in [1.807, 2.05) is 0 Å². The highest BCUT2D eigenvalue weighted by Crippen LogP contribution is 2.40. The van der Waals surface area contributed by atoms with Crippen LogP contribution in [0.2, 0.25) is 0 Å². The molecule has 2 aliphatic heterocycles. The molecule has 3 unspecified atom stereocenters. The monoisotopic (exact) mass is 238 g/mol. The molecule has 90 valence electrons. The summed E-state index contributed by atoms with van der Waals surface area (Å²) < 4.78 is 32.1. The van der Waals surface area contributed by atoms with Crippen molar-refractivity contribution in [3.63, 3.8) is 0 Å². The van der Waals surface area contributed by atoms with Gasteiger partial charge in [-0.3, -0.25) is 4.79 Å². The van der Waals surface area contributed by atoms with Crippen LogP contribution in [0.4, 0.5) is 8.78 Å². The van der Waals surface area contributed by atoms with E-state index in [0.717, 1.165) is 31.0 Å². The van der Waals surface area contributed by atoms with Gasteiger partial charge in [0.15, 0.2) is 5.78 Å². The first-order chi connectivity index (χ1) is 8.15. The molecule has 0 saturated carbocycles. The number of ether oxygens (including phenoxy) is 1. The van der Waals surface area contributed by atoms with Crippen LogP contribution in [0, 0.1) is 17.6 Å². The molecule has 3 rings (SSSR count). The Hall–Kier alpha value is -1.29. The molecule has 1 aromatic rings. The van der Waals surface area contributed by atoms with Gasteiger partial charge in [0.05, 0.1) is 23.7 Å². The fraction of sp³-hybridized carbons (Fsp3) is 0.462. The standard InChI is InChI=1S/C13H12F2O2/c14-7-1-3-11(15)9(5-7)13(16)10-6-8-2-4-12(10)17-8/h1,3,5,8,10,12H,2,4,6H2. The first kappa shape index (κ1) is 10.8. The highest BCUT2D eigenvalue weighted by molar-refractivity contribution is 5.98. The Morgan fingerprint density at radius 1 is 1.29 bits per heavy atom. The summed E-state index contributed by atoms with van der Waals surface area (Å²) in [5.74, 6) is -1.86. The van der Waals surface area contributed by atoms with Gasteiger partial charge in [0.25, 0.3) is 0 Å². The first-order valence-corrected chi connectivity index (χ1v) is 5.80. The Morgan fingerprint density at radius 3 is 2.76 bits per heavy atom. The summed E-state index contributed by atoms with van der Waals surface area (Å²) in [4.78, 5) is 12.1. The van der Waals surface area contributed by atoms with Crippen molar-refractivity contribution in [2.24, 2.45) is 5.92 Å². The summed E-state index contributed by atoms with van der Waals surface area (Å²) in [6.45, 7) is 0. The molecule has 2 bridgehead atoms. The van der Waals surface area contributed by atoms with Gasteiger partial charge in [0.1, 0.15) is 11.6 Å². The maximum absolute atomic E-state index is 13.5.